The molecule has 2 aliphatic heterocycles. The van der Waals surface area contributed by atoms with E-state index < -0.39 is 42.0 Å². The van der Waals surface area contributed by atoms with E-state index in [-0.39, 0.29) is 24.1 Å². The third-order valence-corrected chi connectivity index (χ3v) is 3.88. The summed E-state index contributed by atoms with van der Waals surface area (Å²) in [4.78, 5) is 75.2. The van der Waals surface area contributed by atoms with Crippen molar-refractivity contribution in [2.75, 3.05) is 4.90 Å². The molecule has 1 saturated heterocycles. The predicted molar refractivity (Wildman–Crippen MR) is 91.6 cm³/mol. The number of benzene rings is 1. The summed E-state index contributed by atoms with van der Waals surface area (Å²) in [5, 5.41) is 0.297. The molecule has 0 spiro atoms. The Bertz CT molecular complexity index is 901. The highest BCUT2D eigenvalue weighted by Gasteiger charge is 2.34. The van der Waals surface area contributed by atoms with Crippen LogP contribution < -0.4 is 4.90 Å². The Morgan fingerprint density at radius 1 is 0.897 bits per heavy atom. The van der Waals surface area contributed by atoms with Crippen LogP contribution in [0, 0.1) is 0 Å². The molecule has 1 aromatic carbocycles. The van der Waals surface area contributed by atoms with Crippen LogP contribution in [0.3, 0.4) is 0 Å². The maximum Gasteiger partial charge on any atom is 0.537 e. The number of anilines is 1. The van der Waals surface area contributed by atoms with Gasteiger partial charge >= 0.3 is 12.1 Å². The van der Waals surface area contributed by atoms with Gasteiger partial charge in [0.2, 0.25) is 6.29 Å². The van der Waals surface area contributed by atoms with Crippen LogP contribution in [0.5, 0.6) is 0 Å². The minimum atomic E-state index is -1.39. The minimum absolute atomic E-state index is 0.0644. The fourth-order valence-corrected chi connectivity index (χ4v) is 2.53. The van der Waals surface area contributed by atoms with E-state index in [1.54, 1.807) is 0 Å². The molecule has 0 N–H and O–H groups in total. The summed E-state index contributed by atoms with van der Waals surface area (Å²) in [5.41, 5.74) is 0.337. The molecule has 1 aromatic rings. The van der Waals surface area contributed by atoms with Gasteiger partial charge in [-0.1, -0.05) is 5.06 Å². The molecular weight excluding hydrogens is 388 g/mol. The van der Waals surface area contributed by atoms with Crippen molar-refractivity contribution in [1.29, 1.82) is 0 Å². The molecule has 3 rings (SSSR count). The number of amides is 4. The van der Waals surface area contributed by atoms with E-state index in [0.29, 0.717) is 5.06 Å². The highest BCUT2D eigenvalue weighted by molar-refractivity contribution is 6.28. The van der Waals surface area contributed by atoms with Crippen LogP contribution in [0.2, 0.25) is 0 Å². The lowest BCUT2D eigenvalue weighted by Gasteiger charge is -2.17. The van der Waals surface area contributed by atoms with Crippen LogP contribution in [0.25, 0.3) is 0 Å². The maximum absolute atomic E-state index is 12.1. The standard InChI is InChI=1S/C18H14N2O9/c1-10(28-18(26)29-20-15(23)8-9-16(20)24)27-17(25)11-2-4-12(5-3-11)19-13(21)6-7-14(19)22/h2-7,10H,8-9H2,1H3. The molecule has 150 valence electrons. The first kappa shape index (κ1) is 19.7. The zero-order valence-corrected chi connectivity index (χ0v) is 15.0. The summed E-state index contributed by atoms with van der Waals surface area (Å²) in [6.07, 6.45) is -0.650. The number of nitrogens with zero attached hydrogens (tertiary/aromatic N) is 2. The fourth-order valence-electron chi connectivity index (χ4n) is 2.53. The monoisotopic (exact) mass is 402 g/mol. The highest BCUT2D eigenvalue weighted by Crippen LogP contribution is 2.20. The van der Waals surface area contributed by atoms with Gasteiger partial charge in [-0.3, -0.25) is 24.0 Å². The lowest BCUT2D eigenvalue weighted by Crippen LogP contribution is -2.34. The van der Waals surface area contributed by atoms with Gasteiger partial charge in [0, 0.05) is 31.9 Å². The average molecular weight is 402 g/mol. The SMILES string of the molecule is CC(OC(=O)ON1C(=O)CCC1=O)OC(=O)c1ccc(N2C(=O)C=CC2=O)cc1. The first-order valence-electron chi connectivity index (χ1n) is 8.38. The van der Waals surface area contributed by atoms with E-state index >= 15 is 0 Å². The molecule has 0 bridgehead atoms. The highest BCUT2D eigenvalue weighted by atomic mass is 16.9. The smallest absolute Gasteiger partial charge is 0.422 e. The summed E-state index contributed by atoms with van der Waals surface area (Å²) in [6, 6.07) is 5.40. The number of rotatable bonds is 5. The largest absolute Gasteiger partial charge is 0.537 e. The first-order valence-corrected chi connectivity index (χ1v) is 8.38. The van der Waals surface area contributed by atoms with Gasteiger partial charge in [0.1, 0.15) is 0 Å². The summed E-state index contributed by atoms with van der Waals surface area (Å²) < 4.78 is 9.60. The van der Waals surface area contributed by atoms with Gasteiger partial charge in [-0.15, -0.1) is 0 Å². The molecule has 1 unspecified atom stereocenters. The zero-order chi connectivity index (χ0) is 21.1. The van der Waals surface area contributed by atoms with E-state index in [2.05, 4.69) is 9.57 Å². The molecule has 0 saturated carbocycles. The van der Waals surface area contributed by atoms with Crippen molar-refractivity contribution in [2.24, 2.45) is 0 Å². The summed E-state index contributed by atoms with van der Waals surface area (Å²) in [5.74, 6) is -3.22. The van der Waals surface area contributed by atoms with Gasteiger partial charge in [-0.25, -0.2) is 14.5 Å². The van der Waals surface area contributed by atoms with Gasteiger partial charge in [0.05, 0.1) is 11.3 Å². The Labute approximate surface area is 163 Å². The molecule has 1 atom stereocenters. The molecule has 29 heavy (non-hydrogen) atoms. The Morgan fingerprint density at radius 3 is 2.00 bits per heavy atom. The number of carbonyl (C=O) groups is 6. The lowest BCUT2D eigenvalue weighted by atomic mass is 10.2. The summed E-state index contributed by atoms with van der Waals surface area (Å²) >= 11 is 0. The Hall–Kier alpha value is -4.02. The molecule has 0 aromatic heterocycles. The van der Waals surface area contributed by atoms with Crippen LogP contribution in [-0.2, 0) is 33.5 Å². The minimum Gasteiger partial charge on any atom is -0.422 e. The van der Waals surface area contributed by atoms with E-state index in [9.17, 15) is 28.8 Å². The van der Waals surface area contributed by atoms with Crippen molar-refractivity contribution in [3.05, 3.63) is 42.0 Å². The van der Waals surface area contributed by atoms with Crippen LogP contribution in [0.15, 0.2) is 36.4 Å². The number of hydrogen-bond donors (Lipinski definition) is 0. The van der Waals surface area contributed by atoms with Gasteiger partial charge < -0.3 is 9.47 Å². The second kappa shape index (κ2) is 7.92. The Kier molecular flexibility index (Phi) is 5.39. The number of esters is 1. The Balaban J connectivity index is 1.53. The van der Waals surface area contributed by atoms with Gasteiger partial charge in [0.15, 0.2) is 0 Å². The van der Waals surface area contributed by atoms with Crippen molar-refractivity contribution < 1.29 is 43.1 Å². The van der Waals surface area contributed by atoms with E-state index in [1.807, 2.05) is 0 Å². The first-order chi connectivity index (χ1) is 13.8. The summed E-state index contributed by atoms with van der Waals surface area (Å²) in [6.45, 7) is 1.23. The Morgan fingerprint density at radius 2 is 1.45 bits per heavy atom. The maximum atomic E-state index is 12.1. The molecule has 2 aliphatic rings. The van der Waals surface area contributed by atoms with Crippen molar-refractivity contribution in [1.82, 2.24) is 5.06 Å². The number of hydrogen-bond acceptors (Lipinski definition) is 9. The third-order valence-electron chi connectivity index (χ3n) is 3.88. The quantitative estimate of drug-likeness (QED) is 0.398. The zero-order valence-electron chi connectivity index (χ0n) is 15.0. The third kappa shape index (κ3) is 4.29. The molecule has 0 radical (unpaired) electrons. The molecule has 11 nitrogen and oxygen atoms in total. The molecule has 4 amide bonds. The lowest BCUT2D eigenvalue weighted by molar-refractivity contribution is -0.183. The van der Waals surface area contributed by atoms with Crippen molar-refractivity contribution in [3.8, 4) is 0 Å². The normalized spacial score (nSPS) is 17.0. The number of hydroxylamine groups is 2. The molecule has 1 fully saturated rings. The van der Waals surface area contributed by atoms with E-state index in [0.717, 1.165) is 17.1 Å². The molecule has 0 aliphatic carbocycles. The molecule has 2 heterocycles. The van der Waals surface area contributed by atoms with E-state index in [1.165, 1.54) is 31.2 Å². The van der Waals surface area contributed by atoms with Crippen molar-refractivity contribution in [2.45, 2.75) is 26.1 Å². The van der Waals surface area contributed by atoms with Gasteiger partial charge in [-0.05, 0) is 24.3 Å². The van der Waals surface area contributed by atoms with E-state index in [4.69, 9.17) is 4.74 Å². The van der Waals surface area contributed by atoms with Crippen LogP contribution in [0.1, 0.15) is 30.1 Å². The van der Waals surface area contributed by atoms with Gasteiger partial charge in [0.25, 0.3) is 23.6 Å². The summed E-state index contributed by atoms with van der Waals surface area (Å²) in [7, 11) is 0. The second-order valence-corrected chi connectivity index (χ2v) is 5.91. The molecule has 11 heteroatoms. The fraction of sp³-hybridized carbons (Fsp3) is 0.222. The van der Waals surface area contributed by atoms with Gasteiger partial charge in [-0.2, -0.15) is 0 Å². The second-order valence-electron chi connectivity index (χ2n) is 5.91. The number of ether oxygens (including phenoxy) is 2. The van der Waals surface area contributed by atoms with Crippen LogP contribution >= 0.6 is 0 Å². The van der Waals surface area contributed by atoms with Crippen LogP contribution in [-0.4, -0.2) is 47.1 Å². The predicted octanol–water partition coefficient (Wildman–Crippen LogP) is 0.836. The topological polar surface area (TPSA) is 137 Å². The number of imide groups is 2. The van der Waals surface area contributed by atoms with Crippen molar-refractivity contribution in [3.63, 3.8) is 0 Å². The number of carbonyl (C=O) groups excluding carboxylic acids is 6. The average Bonchev–Trinajstić information content (AvgIpc) is 3.17. The molecular formula is C18H14N2O9. The van der Waals surface area contributed by atoms with Crippen LogP contribution in [0.4, 0.5) is 10.5 Å². The van der Waals surface area contributed by atoms with Crippen molar-refractivity contribution >= 4 is 41.4 Å².